The molecule has 2 heterocycles. The Morgan fingerprint density at radius 3 is 2.79 bits per heavy atom. The van der Waals surface area contributed by atoms with Crippen LogP contribution in [0, 0.1) is 0 Å². The van der Waals surface area contributed by atoms with Crippen molar-refractivity contribution in [2.75, 3.05) is 30.9 Å². The van der Waals surface area contributed by atoms with Gasteiger partial charge < -0.3 is 15.5 Å². The van der Waals surface area contributed by atoms with Gasteiger partial charge in [0.2, 0.25) is 5.95 Å². The molecule has 1 aliphatic rings. The number of nitrogens with one attached hydrogen (secondary N) is 2. The maximum Gasteiger partial charge on any atom is 0.229 e. The van der Waals surface area contributed by atoms with Crippen molar-refractivity contribution in [2.24, 2.45) is 0 Å². The van der Waals surface area contributed by atoms with Crippen molar-refractivity contribution >= 4 is 28.4 Å². The van der Waals surface area contributed by atoms with E-state index in [-0.39, 0.29) is 0 Å². The molecule has 0 aliphatic carbocycles. The molecule has 0 atom stereocenters. The van der Waals surface area contributed by atoms with E-state index in [0.29, 0.717) is 5.95 Å². The van der Waals surface area contributed by atoms with E-state index >= 15 is 0 Å². The molecule has 2 aromatic carbocycles. The first-order valence-corrected chi connectivity index (χ1v) is 8.24. The Hall–Kier alpha value is -2.66. The largest absolute Gasteiger partial charge is 0.362 e. The summed E-state index contributed by atoms with van der Waals surface area (Å²) in [6.45, 7) is 1.98. The minimum atomic E-state index is 0.626. The summed E-state index contributed by atoms with van der Waals surface area (Å²) in [4.78, 5) is 11.4. The van der Waals surface area contributed by atoms with Crippen LogP contribution in [-0.4, -0.2) is 30.6 Å². The van der Waals surface area contributed by atoms with E-state index in [1.54, 1.807) is 0 Å². The van der Waals surface area contributed by atoms with Crippen molar-refractivity contribution in [1.29, 1.82) is 0 Å². The molecule has 5 heteroatoms. The highest BCUT2D eigenvalue weighted by Crippen LogP contribution is 2.26. The molecule has 122 valence electrons. The fraction of sp³-hybridized carbons (Fsp3) is 0.263. The molecule has 0 bridgehead atoms. The monoisotopic (exact) mass is 319 g/mol. The van der Waals surface area contributed by atoms with Gasteiger partial charge in [0.1, 0.15) is 5.82 Å². The SMILES string of the molecule is CN(C)c1nc(Nc2ccc3c(c2)CNCC3)nc2ccccc12. The number of para-hydroxylation sites is 1. The van der Waals surface area contributed by atoms with Gasteiger partial charge in [-0.3, -0.25) is 0 Å². The maximum atomic E-state index is 4.70. The predicted octanol–water partition coefficient (Wildman–Crippen LogP) is 3.09. The summed E-state index contributed by atoms with van der Waals surface area (Å²) in [7, 11) is 4.01. The van der Waals surface area contributed by atoms with Gasteiger partial charge in [0, 0.05) is 31.7 Å². The average Bonchev–Trinajstić information content (AvgIpc) is 2.61. The zero-order valence-electron chi connectivity index (χ0n) is 14.0. The van der Waals surface area contributed by atoms with Crippen molar-refractivity contribution in [3.63, 3.8) is 0 Å². The minimum Gasteiger partial charge on any atom is -0.362 e. The van der Waals surface area contributed by atoms with Crippen molar-refractivity contribution < 1.29 is 0 Å². The molecule has 24 heavy (non-hydrogen) atoms. The lowest BCUT2D eigenvalue weighted by atomic mass is 10.0. The highest BCUT2D eigenvalue weighted by atomic mass is 15.2. The van der Waals surface area contributed by atoms with E-state index in [1.807, 2.05) is 37.2 Å². The Bertz CT molecular complexity index is 888. The highest BCUT2D eigenvalue weighted by Gasteiger charge is 2.12. The predicted molar refractivity (Wildman–Crippen MR) is 99.0 cm³/mol. The van der Waals surface area contributed by atoms with Gasteiger partial charge in [-0.05, 0) is 48.4 Å². The number of hydrogen-bond donors (Lipinski definition) is 2. The number of nitrogens with zero attached hydrogens (tertiary/aromatic N) is 3. The number of fused-ring (bicyclic) bond motifs is 2. The van der Waals surface area contributed by atoms with Gasteiger partial charge in [-0.25, -0.2) is 4.98 Å². The Labute approximate surface area is 141 Å². The Kier molecular flexibility index (Phi) is 3.78. The summed E-state index contributed by atoms with van der Waals surface area (Å²) < 4.78 is 0. The summed E-state index contributed by atoms with van der Waals surface area (Å²) in [5.74, 6) is 1.55. The molecule has 3 aromatic rings. The molecule has 0 saturated carbocycles. The zero-order valence-corrected chi connectivity index (χ0v) is 14.0. The average molecular weight is 319 g/mol. The van der Waals surface area contributed by atoms with Crippen LogP contribution < -0.4 is 15.5 Å². The van der Waals surface area contributed by atoms with Crippen molar-refractivity contribution in [3.05, 3.63) is 53.6 Å². The van der Waals surface area contributed by atoms with Gasteiger partial charge in [0.25, 0.3) is 0 Å². The zero-order chi connectivity index (χ0) is 16.5. The van der Waals surface area contributed by atoms with Gasteiger partial charge >= 0.3 is 0 Å². The molecule has 0 fully saturated rings. The molecule has 0 spiro atoms. The van der Waals surface area contributed by atoms with Crippen LogP contribution in [0.3, 0.4) is 0 Å². The standard InChI is InChI=1S/C19H21N5/c1-24(2)18-16-5-3-4-6-17(16)22-19(23-18)21-15-8-7-13-9-10-20-12-14(13)11-15/h3-8,11,20H,9-10,12H2,1-2H3,(H,21,22,23). The van der Waals surface area contributed by atoms with Gasteiger partial charge in [0.15, 0.2) is 0 Å². The van der Waals surface area contributed by atoms with Crippen molar-refractivity contribution in [3.8, 4) is 0 Å². The van der Waals surface area contributed by atoms with Gasteiger partial charge in [0.05, 0.1) is 5.52 Å². The van der Waals surface area contributed by atoms with Crippen molar-refractivity contribution in [1.82, 2.24) is 15.3 Å². The summed E-state index contributed by atoms with van der Waals surface area (Å²) in [6.07, 6.45) is 1.09. The molecule has 1 aromatic heterocycles. The second-order valence-electron chi connectivity index (χ2n) is 6.32. The summed E-state index contributed by atoms with van der Waals surface area (Å²) in [5.41, 5.74) is 4.74. The fourth-order valence-electron chi connectivity index (χ4n) is 3.14. The van der Waals surface area contributed by atoms with Crippen LogP contribution in [0.2, 0.25) is 0 Å². The molecule has 2 N–H and O–H groups in total. The number of benzene rings is 2. The molecule has 0 amide bonds. The molecule has 5 nitrogen and oxygen atoms in total. The molecular formula is C19H21N5. The normalized spacial score (nSPS) is 13.6. The van der Waals surface area contributed by atoms with Crippen molar-refractivity contribution in [2.45, 2.75) is 13.0 Å². The van der Waals surface area contributed by atoms with E-state index in [2.05, 4.69) is 39.9 Å². The number of hydrogen-bond acceptors (Lipinski definition) is 5. The first-order chi connectivity index (χ1) is 11.7. The van der Waals surface area contributed by atoms with Gasteiger partial charge in [-0.2, -0.15) is 4.98 Å². The quantitative estimate of drug-likeness (QED) is 0.777. The number of aromatic nitrogens is 2. The summed E-state index contributed by atoms with van der Waals surface area (Å²) in [5, 5.41) is 7.84. The maximum absolute atomic E-state index is 4.70. The molecular weight excluding hydrogens is 298 g/mol. The van der Waals surface area contributed by atoms with E-state index in [4.69, 9.17) is 4.98 Å². The Balaban J connectivity index is 1.72. The highest BCUT2D eigenvalue weighted by molar-refractivity contribution is 5.90. The van der Waals surface area contributed by atoms with E-state index in [0.717, 1.165) is 41.9 Å². The topological polar surface area (TPSA) is 53.1 Å². The fourth-order valence-corrected chi connectivity index (χ4v) is 3.14. The van der Waals surface area contributed by atoms with Crippen LogP contribution in [0.4, 0.5) is 17.5 Å². The van der Waals surface area contributed by atoms with E-state index in [9.17, 15) is 0 Å². The minimum absolute atomic E-state index is 0.626. The molecule has 0 saturated heterocycles. The van der Waals surface area contributed by atoms with Crippen LogP contribution in [0.15, 0.2) is 42.5 Å². The lowest BCUT2D eigenvalue weighted by molar-refractivity contribution is 0.644. The van der Waals surface area contributed by atoms with Crippen LogP contribution in [-0.2, 0) is 13.0 Å². The molecule has 0 unspecified atom stereocenters. The van der Waals surface area contributed by atoms with Crippen LogP contribution in [0.25, 0.3) is 10.9 Å². The lowest BCUT2D eigenvalue weighted by Crippen LogP contribution is -2.23. The first-order valence-electron chi connectivity index (χ1n) is 8.24. The smallest absolute Gasteiger partial charge is 0.229 e. The molecule has 0 radical (unpaired) electrons. The number of anilines is 3. The molecule has 4 rings (SSSR count). The van der Waals surface area contributed by atoms with Crippen LogP contribution >= 0.6 is 0 Å². The Morgan fingerprint density at radius 2 is 1.92 bits per heavy atom. The van der Waals surface area contributed by atoms with Gasteiger partial charge in [-0.15, -0.1) is 0 Å². The van der Waals surface area contributed by atoms with E-state index < -0.39 is 0 Å². The van der Waals surface area contributed by atoms with Crippen LogP contribution in [0.1, 0.15) is 11.1 Å². The summed E-state index contributed by atoms with van der Waals surface area (Å²) >= 11 is 0. The second-order valence-corrected chi connectivity index (χ2v) is 6.32. The third-order valence-electron chi connectivity index (χ3n) is 4.36. The molecule has 1 aliphatic heterocycles. The second kappa shape index (κ2) is 6.09. The third-order valence-corrected chi connectivity index (χ3v) is 4.36. The first kappa shape index (κ1) is 14.9. The Morgan fingerprint density at radius 1 is 1.04 bits per heavy atom. The van der Waals surface area contributed by atoms with Crippen LogP contribution in [0.5, 0.6) is 0 Å². The lowest BCUT2D eigenvalue weighted by Gasteiger charge is -2.19. The third kappa shape index (κ3) is 2.78. The van der Waals surface area contributed by atoms with E-state index in [1.165, 1.54) is 11.1 Å². The van der Waals surface area contributed by atoms with Gasteiger partial charge in [-0.1, -0.05) is 18.2 Å². The number of rotatable bonds is 3. The summed E-state index contributed by atoms with van der Waals surface area (Å²) in [6, 6.07) is 14.6.